The number of pyridine rings is 1. The molecular formula is C12H18ClN3O. The Kier molecular flexibility index (Phi) is 4.07. The van der Waals surface area contributed by atoms with Gasteiger partial charge in [-0.15, -0.1) is 0 Å². The fourth-order valence-corrected chi connectivity index (χ4v) is 2.26. The molecule has 2 heterocycles. The minimum Gasteiger partial charge on any atom is -0.396 e. The van der Waals surface area contributed by atoms with E-state index < -0.39 is 0 Å². The van der Waals surface area contributed by atoms with Gasteiger partial charge in [0.25, 0.3) is 0 Å². The average molecular weight is 256 g/mol. The number of nitrogens with zero attached hydrogens (tertiary/aromatic N) is 1. The van der Waals surface area contributed by atoms with Gasteiger partial charge >= 0.3 is 0 Å². The predicted octanol–water partition coefficient (Wildman–Crippen LogP) is 2.54. The molecule has 1 atom stereocenters. The molecule has 0 saturated carbocycles. The van der Waals surface area contributed by atoms with Crippen LogP contribution in [0.3, 0.4) is 0 Å². The highest BCUT2D eigenvalue weighted by Gasteiger charge is 2.21. The molecule has 0 aromatic carbocycles. The van der Waals surface area contributed by atoms with Crippen LogP contribution in [-0.2, 0) is 4.74 Å². The standard InChI is InChI=1S/C12H18ClN3O/c1-8(9-4-6-17-7-5-9)15-12-10(14)2-3-11(13)16-12/h2-3,8-9H,4-7,14H2,1H3,(H,15,16). The molecule has 0 bridgehead atoms. The zero-order chi connectivity index (χ0) is 12.3. The summed E-state index contributed by atoms with van der Waals surface area (Å²) in [5.74, 6) is 1.28. The van der Waals surface area contributed by atoms with Crippen molar-refractivity contribution in [3.8, 4) is 0 Å². The maximum atomic E-state index is 5.86. The number of anilines is 2. The van der Waals surface area contributed by atoms with E-state index in [0.717, 1.165) is 26.1 Å². The molecule has 1 aromatic rings. The van der Waals surface area contributed by atoms with Crippen molar-refractivity contribution in [1.82, 2.24) is 4.98 Å². The number of nitrogens with one attached hydrogen (secondary N) is 1. The highest BCUT2D eigenvalue weighted by molar-refractivity contribution is 6.29. The molecule has 94 valence electrons. The number of ether oxygens (including phenoxy) is 1. The number of nitrogens with two attached hydrogens (primary N) is 1. The Hall–Kier alpha value is -1.00. The van der Waals surface area contributed by atoms with Crippen LogP contribution in [0.2, 0.25) is 5.15 Å². The zero-order valence-corrected chi connectivity index (χ0v) is 10.7. The van der Waals surface area contributed by atoms with Gasteiger partial charge in [0.1, 0.15) is 5.15 Å². The highest BCUT2D eigenvalue weighted by atomic mass is 35.5. The topological polar surface area (TPSA) is 60.2 Å². The van der Waals surface area contributed by atoms with Gasteiger partial charge in [-0.3, -0.25) is 0 Å². The van der Waals surface area contributed by atoms with Crippen LogP contribution in [0, 0.1) is 5.92 Å². The molecule has 1 aromatic heterocycles. The van der Waals surface area contributed by atoms with Gasteiger partial charge in [-0.25, -0.2) is 4.98 Å². The van der Waals surface area contributed by atoms with E-state index >= 15 is 0 Å². The molecule has 17 heavy (non-hydrogen) atoms. The predicted molar refractivity (Wildman–Crippen MR) is 70.3 cm³/mol. The molecule has 5 heteroatoms. The fourth-order valence-electron chi connectivity index (χ4n) is 2.11. The van der Waals surface area contributed by atoms with Gasteiger partial charge < -0.3 is 15.8 Å². The Bertz CT molecular complexity index is 380. The Morgan fingerprint density at radius 3 is 2.88 bits per heavy atom. The Morgan fingerprint density at radius 2 is 2.18 bits per heavy atom. The van der Waals surface area contributed by atoms with Crippen LogP contribution in [-0.4, -0.2) is 24.2 Å². The van der Waals surface area contributed by atoms with E-state index in [9.17, 15) is 0 Å². The first-order valence-electron chi connectivity index (χ1n) is 5.93. The third kappa shape index (κ3) is 3.23. The van der Waals surface area contributed by atoms with E-state index in [2.05, 4.69) is 17.2 Å². The molecule has 0 spiro atoms. The molecule has 0 aliphatic carbocycles. The molecule has 0 radical (unpaired) electrons. The summed E-state index contributed by atoms with van der Waals surface area (Å²) in [6.45, 7) is 3.84. The monoisotopic (exact) mass is 255 g/mol. The van der Waals surface area contributed by atoms with E-state index in [1.165, 1.54) is 0 Å². The van der Waals surface area contributed by atoms with Gasteiger partial charge in [0, 0.05) is 19.3 Å². The Morgan fingerprint density at radius 1 is 1.47 bits per heavy atom. The lowest BCUT2D eigenvalue weighted by Gasteiger charge is -2.29. The second kappa shape index (κ2) is 5.56. The second-order valence-electron chi connectivity index (χ2n) is 4.45. The maximum absolute atomic E-state index is 5.86. The van der Waals surface area contributed by atoms with Crippen molar-refractivity contribution in [1.29, 1.82) is 0 Å². The second-order valence-corrected chi connectivity index (χ2v) is 4.84. The van der Waals surface area contributed by atoms with Crippen LogP contribution in [0.4, 0.5) is 11.5 Å². The van der Waals surface area contributed by atoms with Gasteiger partial charge in [-0.1, -0.05) is 11.6 Å². The number of hydrogen-bond acceptors (Lipinski definition) is 4. The van der Waals surface area contributed by atoms with Gasteiger partial charge in [0.2, 0.25) is 0 Å². The van der Waals surface area contributed by atoms with E-state index in [-0.39, 0.29) is 0 Å². The van der Waals surface area contributed by atoms with E-state index in [4.69, 9.17) is 22.1 Å². The van der Waals surface area contributed by atoms with Crippen LogP contribution >= 0.6 is 11.6 Å². The SMILES string of the molecule is CC(Nc1nc(Cl)ccc1N)C1CCOCC1. The van der Waals surface area contributed by atoms with Crippen LogP contribution in [0.15, 0.2) is 12.1 Å². The summed E-state index contributed by atoms with van der Waals surface area (Å²) >= 11 is 5.86. The highest BCUT2D eigenvalue weighted by Crippen LogP contribution is 2.24. The summed E-state index contributed by atoms with van der Waals surface area (Å²) in [6, 6.07) is 3.79. The van der Waals surface area contributed by atoms with Crippen molar-refractivity contribution in [2.45, 2.75) is 25.8 Å². The zero-order valence-electron chi connectivity index (χ0n) is 9.95. The smallest absolute Gasteiger partial charge is 0.151 e. The first-order valence-corrected chi connectivity index (χ1v) is 6.31. The molecule has 1 unspecified atom stereocenters. The first kappa shape index (κ1) is 12.5. The average Bonchev–Trinajstić information content (AvgIpc) is 2.35. The van der Waals surface area contributed by atoms with Crippen LogP contribution in [0.1, 0.15) is 19.8 Å². The van der Waals surface area contributed by atoms with Crippen LogP contribution in [0.5, 0.6) is 0 Å². The third-order valence-corrected chi connectivity index (χ3v) is 3.44. The van der Waals surface area contributed by atoms with Gasteiger partial charge in [-0.2, -0.15) is 0 Å². The molecule has 1 fully saturated rings. The van der Waals surface area contributed by atoms with Gasteiger partial charge in [-0.05, 0) is 37.8 Å². The van der Waals surface area contributed by atoms with E-state index in [1.54, 1.807) is 12.1 Å². The summed E-state index contributed by atoms with van der Waals surface area (Å²) in [5.41, 5.74) is 6.49. The number of nitrogen functional groups attached to an aromatic ring is 1. The maximum Gasteiger partial charge on any atom is 0.151 e. The Balaban J connectivity index is 2.01. The third-order valence-electron chi connectivity index (χ3n) is 3.23. The van der Waals surface area contributed by atoms with E-state index in [1.807, 2.05) is 0 Å². The molecular weight excluding hydrogens is 238 g/mol. The molecule has 1 saturated heterocycles. The first-order chi connectivity index (χ1) is 8.16. The largest absolute Gasteiger partial charge is 0.396 e. The number of hydrogen-bond donors (Lipinski definition) is 2. The fraction of sp³-hybridized carbons (Fsp3) is 0.583. The Labute approximate surface area is 107 Å². The number of aromatic nitrogens is 1. The summed E-state index contributed by atoms with van der Waals surface area (Å²) in [4.78, 5) is 4.21. The van der Waals surface area contributed by atoms with E-state index in [0.29, 0.717) is 28.6 Å². The lowest BCUT2D eigenvalue weighted by Crippen LogP contribution is -2.31. The van der Waals surface area contributed by atoms with Crippen LogP contribution < -0.4 is 11.1 Å². The van der Waals surface area contributed by atoms with Crippen molar-refractivity contribution in [3.05, 3.63) is 17.3 Å². The van der Waals surface area contributed by atoms with Crippen molar-refractivity contribution in [2.24, 2.45) is 5.92 Å². The number of rotatable bonds is 3. The summed E-state index contributed by atoms with van der Waals surface area (Å²) < 4.78 is 5.35. The molecule has 0 amide bonds. The summed E-state index contributed by atoms with van der Waals surface area (Å²) in [5, 5.41) is 3.80. The molecule has 1 aliphatic heterocycles. The van der Waals surface area contributed by atoms with Crippen molar-refractivity contribution < 1.29 is 4.74 Å². The van der Waals surface area contributed by atoms with Crippen molar-refractivity contribution >= 4 is 23.1 Å². The summed E-state index contributed by atoms with van der Waals surface area (Å²) in [7, 11) is 0. The van der Waals surface area contributed by atoms with Gasteiger partial charge in [0.05, 0.1) is 5.69 Å². The molecule has 4 nitrogen and oxygen atoms in total. The minimum atomic E-state index is 0.326. The van der Waals surface area contributed by atoms with Crippen molar-refractivity contribution in [3.63, 3.8) is 0 Å². The normalized spacial score (nSPS) is 18.9. The van der Waals surface area contributed by atoms with Crippen molar-refractivity contribution in [2.75, 3.05) is 24.3 Å². The van der Waals surface area contributed by atoms with Gasteiger partial charge in [0.15, 0.2) is 5.82 Å². The quantitative estimate of drug-likeness (QED) is 0.815. The lowest BCUT2D eigenvalue weighted by atomic mass is 9.93. The summed E-state index contributed by atoms with van der Waals surface area (Å²) in [6.07, 6.45) is 2.16. The minimum absolute atomic E-state index is 0.326. The molecule has 1 aliphatic rings. The lowest BCUT2D eigenvalue weighted by molar-refractivity contribution is 0.0622. The molecule has 3 N–H and O–H groups in total. The number of halogens is 1. The molecule has 2 rings (SSSR count). The van der Waals surface area contributed by atoms with Crippen LogP contribution in [0.25, 0.3) is 0 Å².